The first-order valence-electron chi connectivity index (χ1n) is 6.40. The predicted molar refractivity (Wildman–Crippen MR) is 83.9 cm³/mol. The number of halogens is 3. The second kappa shape index (κ2) is 6.12. The zero-order chi connectivity index (χ0) is 14.8. The van der Waals surface area contributed by atoms with E-state index in [4.69, 9.17) is 21.1 Å². The second-order valence-corrected chi connectivity index (χ2v) is 5.83. The normalized spacial score (nSPS) is 13.1. The van der Waals surface area contributed by atoms with Gasteiger partial charge in [0.1, 0.15) is 19.0 Å². The molecule has 0 amide bonds. The van der Waals surface area contributed by atoms with Gasteiger partial charge in [0.2, 0.25) is 0 Å². The Kier molecular flexibility index (Phi) is 4.22. The minimum absolute atomic E-state index is 0.275. The number of anilines is 1. The first-order chi connectivity index (χ1) is 10.1. The Morgan fingerprint density at radius 3 is 2.62 bits per heavy atom. The van der Waals surface area contributed by atoms with E-state index in [0.717, 1.165) is 15.7 Å². The molecule has 6 heteroatoms. The van der Waals surface area contributed by atoms with Crippen molar-refractivity contribution in [2.45, 2.75) is 6.54 Å². The van der Waals surface area contributed by atoms with E-state index in [-0.39, 0.29) is 5.82 Å². The van der Waals surface area contributed by atoms with Crippen LogP contribution in [0.5, 0.6) is 11.5 Å². The van der Waals surface area contributed by atoms with Crippen LogP contribution in [0.4, 0.5) is 10.1 Å². The van der Waals surface area contributed by atoms with Crippen LogP contribution in [0.3, 0.4) is 0 Å². The molecule has 0 atom stereocenters. The molecule has 3 rings (SSSR count). The van der Waals surface area contributed by atoms with Crippen molar-refractivity contribution < 1.29 is 13.9 Å². The predicted octanol–water partition coefficient (Wildman–Crippen LogP) is 4.62. The van der Waals surface area contributed by atoms with Gasteiger partial charge in [0, 0.05) is 23.2 Å². The maximum absolute atomic E-state index is 13.3. The van der Waals surface area contributed by atoms with Gasteiger partial charge in [0.05, 0.1) is 10.7 Å². The summed E-state index contributed by atoms with van der Waals surface area (Å²) in [5.41, 5.74) is 1.53. The Labute approximate surface area is 135 Å². The fourth-order valence-corrected chi connectivity index (χ4v) is 2.68. The van der Waals surface area contributed by atoms with Crippen LogP contribution in [-0.2, 0) is 6.54 Å². The van der Waals surface area contributed by atoms with Gasteiger partial charge in [-0.05, 0) is 23.8 Å². The van der Waals surface area contributed by atoms with E-state index in [1.165, 1.54) is 12.1 Å². The van der Waals surface area contributed by atoms with E-state index in [1.54, 1.807) is 18.2 Å². The van der Waals surface area contributed by atoms with Crippen molar-refractivity contribution in [1.29, 1.82) is 0 Å². The number of fused-ring (bicyclic) bond motifs is 1. The summed E-state index contributed by atoms with van der Waals surface area (Å²) in [4.78, 5) is 0. The Bertz CT molecular complexity index is 681. The molecule has 2 aromatic carbocycles. The van der Waals surface area contributed by atoms with E-state index in [0.29, 0.717) is 36.3 Å². The van der Waals surface area contributed by atoms with Crippen molar-refractivity contribution in [2.75, 3.05) is 18.5 Å². The quantitative estimate of drug-likeness (QED) is 0.852. The van der Waals surface area contributed by atoms with Gasteiger partial charge in [-0.15, -0.1) is 0 Å². The van der Waals surface area contributed by atoms with E-state index < -0.39 is 0 Å². The maximum atomic E-state index is 13.3. The molecule has 0 aliphatic carbocycles. The van der Waals surface area contributed by atoms with Crippen LogP contribution in [0, 0.1) is 5.82 Å². The number of ether oxygens (including phenoxy) is 2. The summed E-state index contributed by atoms with van der Waals surface area (Å²) in [6.45, 7) is 1.48. The lowest BCUT2D eigenvalue weighted by atomic mass is 10.2. The van der Waals surface area contributed by atoms with Crippen LogP contribution >= 0.6 is 27.5 Å². The molecule has 0 saturated carbocycles. The molecule has 110 valence electrons. The zero-order valence-electron chi connectivity index (χ0n) is 11.0. The fraction of sp³-hybridized carbons (Fsp3) is 0.200. The molecule has 0 unspecified atom stereocenters. The number of rotatable bonds is 3. The van der Waals surface area contributed by atoms with Crippen molar-refractivity contribution in [1.82, 2.24) is 0 Å². The van der Waals surface area contributed by atoms with Crippen molar-refractivity contribution in [3.63, 3.8) is 0 Å². The molecule has 21 heavy (non-hydrogen) atoms. The Morgan fingerprint density at radius 1 is 1.14 bits per heavy atom. The third-order valence-corrected chi connectivity index (χ3v) is 4.20. The molecule has 0 fully saturated rings. The smallest absolute Gasteiger partial charge is 0.163 e. The summed E-state index contributed by atoms with van der Waals surface area (Å²) in [5.74, 6) is 1.03. The lowest BCUT2D eigenvalue weighted by Crippen LogP contribution is -2.15. The second-order valence-electron chi connectivity index (χ2n) is 4.56. The van der Waals surface area contributed by atoms with Gasteiger partial charge in [-0.3, -0.25) is 0 Å². The Hall–Kier alpha value is -1.46. The zero-order valence-corrected chi connectivity index (χ0v) is 13.3. The number of hydrogen-bond acceptors (Lipinski definition) is 3. The lowest BCUT2D eigenvalue weighted by Gasteiger charge is -2.20. The van der Waals surface area contributed by atoms with Crippen molar-refractivity contribution >= 4 is 33.2 Å². The third-order valence-electron chi connectivity index (χ3n) is 3.11. The van der Waals surface area contributed by atoms with Crippen LogP contribution in [0.25, 0.3) is 0 Å². The van der Waals surface area contributed by atoms with E-state index >= 15 is 0 Å². The molecular formula is C15H12BrClFNO2. The van der Waals surface area contributed by atoms with E-state index in [9.17, 15) is 4.39 Å². The molecule has 3 nitrogen and oxygen atoms in total. The molecule has 0 saturated heterocycles. The number of hydrogen-bond donors (Lipinski definition) is 1. The number of nitrogens with one attached hydrogen (secondary N) is 1. The van der Waals surface area contributed by atoms with Crippen LogP contribution in [0.15, 0.2) is 34.8 Å². The van der Waals surface area contributed by atoms with E-state index in [1.807, 2.05) is 0 Å². The molecule has 1 aliphatic rings. The van der Waals surface area contributed by atoms with Gasteiger partial charge >= 0.3 is 0 Å². The summed E-state index contributed by atoms with van der Waals surface area (Å²) in [7, 11) is 0. The third kappa shape index (κ3) is 3.24. The van der Waals surface area contributed by atoms with Crippen LogP contribution < -0.4 is 14.8 Å². The van der Waals surface area contributed by atoms with Gasteiger partial charge in [-0.25, -0.2) is 4.39 Å². The highest BCUT2D eigenvalue weighted by Gasteiger charge is 2.15. The van der Waals surface area contributed by atoms with Crippen molar-refractivity contribution in [3.05, 3.63) is 51.2 Å². The monoisotopic (exact) mass is 371 g/mol. The molecule has 0 radical (unpaired) electrons. The van der Waals surface area contributed by atoms with Crippen LogP contribution in [-0.4, -0.2) is 13.2 Å². The van der Waals surface area contributed by atoms with Crippen molar-refractivity contribution in [2.24, 2.45) is 0 Å². The van der Waals surface area contributed by atoms with Gasteiger partial charge in [-0.2, -0.15) is 0 Å². The minimum atomic E-state index is -0.275. The molecule has 0 aromatic heterocycles. The standard InChI is InChI=1S/C15H12BrClFNO2/c16-11-2-1-10(18)5-9(11)8-19-13-7-15-14(6-12(13)17)20-3-4-21-15/h1-2,5-7,19H,3-4,8H2. The highest BCUT2D eigenvalue weighted by molar-refractivity contribution is 9.10. The largest absolute Gasteiger partial charge is 0.486 e. The molecule has 0 spiro atoms. The van der Waals surface area contributed by atoms with Gasteiger partial charge in [0.25, 0.3) is 0 Å². The molecule has 2 aromatic rings. The maximum Gasteiger partial charge on any atom is 0.163 e. The van der Waals surface area contributed by atoms with Crippen LogP contribution in [0.2, 0.25) is 5.02 Å². The minimum Gasteiger partial charge on any atom is -0.486 e. The van der Waals surface area contributed by atoms with Gasteiger partial charge in [0.15, 0.2) is 11.5 Å². The molecular weight excluding hydrogens is 361 g/mol. The highest BCUT2D eigenvalue weighted by atomic mass is 79.9. The molecule has 0 bridgehead atoms. The summed E-state index contributed by atoms with van der Waals surface area (Å²) in [6, 6.07) is 8.08. The highest BCUT2D eigenvalue weighted by Crippen LogP contribution is 2.38. The average molecular weight is 373 g/mol. The topological polar surface area (TPSA) is 30.5 Å². The average Bonchev–Trinajstić information content (AvgIpc) is 2.48. The van der Waals surface area contributed by atoms with Crippen molar-refractivity contribution in [3.8, 4) is 11.5 Å². The van der Waals surface area contributed by atoms with Gasteiger partial charge < -0.3 is 14.8 Å². The lowest BCUT2D eigenvalue weighted by molar-refractivity contribution is 0.171. The molecule has 1 heterocycles. The summed E-state index contributed by atoms with van der Waals surface area (Å²) >= 11 is 9.61. The Morgan fingerprint density at radius 2 is 1.86 bits per heavy atom. The summed E-state index contributed by atoms with van der Waals surface area (Å²) in [6.07, 6.45) is 0. The fourth-order valence-electron chi connectivity index (χ4n) is 2.07. The first-order valence-corrected chi connectivity index (χ1v) is 7.57. The van der Waals surface area contributed by atoms with E-state index in [2.05, 4.69) is 21.2 Å². The summed E-state index contributed by atoms with van der Waals surface area (Å²) in [5, 5.41) is 3.72. The SMILES string of the molecule is Fc1ccc(Br)c(CNc2cc3c(cc2Cl)OCCO3)c1. The first kappa shape index (κ1) is 14.5. The van der Waals surface area contributed by atoms with Gasteiger partial charge in [-0.1, -0.05) is 27.5 Å². The molecule has 1 aliphatic heterocycles. The van der Waals surface area contributed by atoms with Crippen LogP contribution in [0.1, 0.15) is 5.56 Å². The summed E-state index contributed by atoms with van der Waals surface area (Å²) < 4.78 is 25.1. The molecule has 1 N–H and O–H groups in total. The Balaban J connectivity index is 1.80. The number of benzene rings is 2.